The first kappa shape index (κ1) is 21.8. The predicted molar refractivity (Wildman–Crippen MR) is 104 cm³/mol. The maximum Gasteiger partial charge on any atom is 0.324 e. The molecule has 0 radical (unpaired) electrons. The maximum absolute atomic E-state index is 12.8. The fourth-order valence-corrected chi connectivity index (χ4v) is 4.54. The summed E-state index contributed by atoms with van der Waals surface area (Å²) in [6.07, 6.45) is -0.00679. The Balaban J connectivity index is 2.11. The highest BCUT2D eigenvalue weighted by molar-refractivity contribution is 6.01. The third kappa shape index (κ3) is 3.00. The van der Waals surface area contributed by atoms with E-state index in [9.17, 15) is 30.6 Å². The van der Waals surface area contributed by atoms with Gasteiger partial charge < -0.3 is 9.47 Å². The molecule has 8 heteroatoms. The Morgan fingerprint density at radius 1 is 0.742 bits per heavy atom. The molecule has 0 N–H and O–H groups in total. The van der Waals surface area contributed by atoms with Crippen LogP contribution >= 0.6 is 0 Å². The summed E-state index contributed by atoms with van der Waals surface area (Å²) in [5.41, 5.74) is -2.35. The minimum Gasteiger partial charge on any atom is -0.465 e. The van der Waals surface area contributed by atoms with Crippen molar-refractivity contribution in [1.29, 1.82) is 21.0 Å². The van der Waals surface area contributed by atoms with Gasteiger partial charge >= 0.3 is 11.9 Å². The van der Waals surface area contributed by atoms with Crippen molar-refractivity contribution in [2.75, 3.05) is 13.2 Å². The first-order valence-corrected chi connectivity index (χ1v) is 9.94. The summed E-state index contributed by atoms with van der Waals surface area (Å²) < 4.78 is 10.4. The average Bonchev–Trinajstić information content (AvgIpc) is 3.16. The molecule has 156 valence electrons. The minimum atomic E-state index is -1.81. The van der Waals surface area contributed by atoms with E-state index in [1.165, 1.54) is 0 Å². The molecule has 0 saturated heterocycles. The number of carbonyl (C=O) groups is 2. The summed E-state index contributed by atoms with van der Waals surface area (Å²) in [6.45, 7) is 3.55. The first-order valence-electron chi connectivity index (χ1n) is 9.94. The molecule has 2 aliphatic carbocycles. The average molecular weight is 416 g/mol. The number of fused-ring (bicyclic) bond motifs is 2. The lowest BCUT2D eigenvalue weighted by Gasteiger charge is -2.37. The zero-order chi connectivity index (χ0) is 22.9. The van der Waals surface area contributed by atoms with Gasteiger partial charge in [0.1, 0.15) is 0 Å². The van der Waals surface area contributed by atoms with Crippen molar-refractivity contribution < 1.29 is 19.1 Å². The van der Waals surface area contributed by atoms with Crippen LogP contribution in [0.3, 0.4) is 0 Å². The highest BCUT2D eigenvalue weighted by Crippen LogP contribution is 2.50. The molecule has 0 spiro atoms. The topological polar surface area (TPSA) is 148 Å². The van der Waals surface area contributed by atoms with E-state index in [0.29, 0.717) is 11.1 Å². The van der Waals surface area contributed by atoms with Crippen molar-refractivity contribution in [2.45, 2.75) is 39.5 Å². The Bertz CT molecular complexity index is 1010. The van der Waals surface area contributed by atoms with Gasteiger partial charge in [0.05, 0.1) is 37.5 Å². The van der Waals surface area contributed by atoms with Gasteiger partial charge in [0.2, 0.25) is 0 Å². The smallest absolute Gasteiger partial charge is 0.324 e. The van der Waals surface area contributed by atoms with Gasteiger partial charge in [-0.25, -0.2) is 0 Å². The third-order valence-corrected chi connectivity index (χ3v) is 6.24. The molecule has 8 nitrogen and oxygen atoms in total. The Morgan fingerprint density at radius 2 is 1.06 bits per heavy atom. The van der Waals surface area contributed by atoms with E-state index in [2.05, 4.69) is 0 Å². The Labute approximate surface area is 180 Å². The fraction of sp³-hybridized carbons (Fsp3) is 0.478. The van der Waals surface area contributed by atoms with Gasteiger partial charge in [-0.3, -0.25) is 9.59 Å². The molecule has 0 bridgehead atoms. The molecule has 0 heterocycles. The molecule has 2 aliphatic rings. The lowest BCUT2D eigenvalue weighted by Crippen LogP contribution is -2.45. The van der Waals surface area contributed by atoms with E-state index < -0.39 is 28.2 Å². The van der Waals surface area contributed by atoms with Crippen LogP contribution in [0.15, 0.2) is 12.1 Å². The quantitative estimate of drug-likeness (QED) is 0.535. The van der Waals surface area contributed by atoms with E-state index in [-0.39, 0.29) is 38.9 Å². The number of carbonyl (C=O) groups excluding carboxylic acids is 2. The van der Waals surface area contributed by atoms with Gasteiger partial charge in [-0.1, -0.05) is 12.1 Å². The number of esters is 2. The van der Waals surface area contributed by atoms with Crippen molar-refractivity contribution >= 4 is 11.9 Å². The van der Waals surface area contributed by atoms with Crippen LogP contribution in [-0.4, -0.2) is 25.2 Å². The van der Waals surface area contributed by atoms with Gasteiger partial charge in [0.15, 0.2) is 16.2 Å². The van der Waals surface area contributed by atoms with E-state index in [0.717, 1.165) is 11.1 Å². The van der Waals surface area contributed by atoms with Crippen molar-refractivity contribution in [3.8, 4) is 24.3 Å². The largest absolute Gasteiger partial charge is 0.465 e. The summed E-state index contributed by atoms with van der Waals surface area (Å²) in [7, 11) is 0. The Kier molecular flexibility index (Phi) is 5.45. The van der Waals surface area contributed by atoms with Crippen LogP contribution < -0.4 is 0 Å². The third-order valence-electron chi connectivity index (χ3n) is 6.24. The summed E-state index contributed by atoms with van der Waals surface area (Å²) in [5.74, 6) is -1.32. The Morgan fingerprint density at radius 3 is 1.35 bits per heavy atom. The monoisotopic (exact) mass is 416 g/mol. The van der Waals surface area contributed by atoms with Crippen LogP contribution in [0, 0.1) is 61.6 Å². The second-order valence-electron chi connectivity index (χ2n) is 7.88. The van der Waals surface area contributed by atoms with Gasteiger partial charge in [0.25, 0.3) is 0 Å². The Hall–Kier alpha value is -3.88. The standard InChI is InChI=1S/C23H20N4O4/c1-3-30-19(28)23(20(29)31-4-2)9-17-5-15-7-21(11-24,12-25)22(13-26,14-27)8-16(15)6-18(17)10-23/h5-6H,3-4,7-10H2,1-2H3. The normalized spacial score (nSPS) is 18.6. The molecule has 0 atom stereocenters. The van der Waals surface area contributed by atoms with Crippen molar-refractivity contribution in [3.63, 3.8) is 0 Å². The number of ether oxygens (including phenoxy) is 2. The second-order valence-corrected chi connectivity index (χ2v) is 7.88. The van der Waals surface area contributed by atoms with Crippen molar-refractivity contribution in [2.24, 2.45) is 16.2 Å². The lowest BCUT2D eigenvalue weighted by atomic mass is 9.57. The zero-order valence-corrected chi connectivity index (χ0v) is 17.3. The maximum atomic E-state index is 12.8. The van der Waals surface area contributed by atoms with E-state index >= 15 is 0 Å². The molecular weight excluding hydrogens is 396 g/mol. The minimum absolute atomic E-state index is 0.0844. The molecule has 0 aliphatic heterocycles. The second kappa shape index (κ2) is 7.75. The van der Waals surface area contributed by atoms with Gasteiger partial charge in [-0.2, -0.15) is 21.0 Å². The molecule has 0 unspecified atom stereocenters. The number of nitriles is 4. The van der Waals surface area contributed by atoms with Crippen molar-refractivity contribution in [3.05, 3.63) is 34.4 Å². The number of hydrogen-bond donors (Lipinski definition) is 0. The number of nitrogens with zero attached hydrogens (tertiary/aromatic N) is 4. The molecule has 31 heavy (non-hydrogen) atoms. The number of benzene rings is 1. The molecule has 1 aromatic rings. The molecule has 0 saturated carbocycles. The zero-order valence-electron chi connectivity index (χ0n) is 17.3. The van der Waals surface area contributed by atoms with Crippen LogP contribution in [-0.2, 0) is 44.7 Å². The van der Waals surface area contributed by atoms with E-state index in [1.54, 1.807) is 26.0 Å². The SMILES string of the molecule is CCOC(=O)C1(C(=O)OCC)Cc2cc3c(cc2C1)CC(C#N)(C#N)C(C#N)(C#N)C3. The van der Waals surface area contributed by atoms with Gasteiger partial charge in [-0.15, -0.1) is 0 Å². The van der Waals surface area contributed by atoms with Crippen LogP contribution in [0.2, 0.25) is 0 Å². The predicted octanol–water partition coefficient (Wildman–Crippen LogP) is 2.06. The molecule has 0 amide bonds. The summed E-state index contributed by atoms with van der Waals surface area (Å²) in [4.78, 5) is 25.5. The van der Waals surface area contributed by atoms with Crippen LogP contribution in [0.25, 0.3) is 0 Å². The van der Waals surface area contributed by atoms with Crippen LogP contribution in [0.1, 0.15) is 36.1 Å². The summed E-state index contributed by atoms with van der Waals surface area (Å²) in [6, 6.07) is 11.1. The molecular formula is C23H20N4O4. The van der Waals surface area contributed by atoms with Gasteiger partial charge in [0, 0.05) is 12.8 Å². The summed E-state index contributed by atoms with van der Waals surface area (Å²) >= 11 is 0. The highest BCUT2D eigenvalue weighted by atomic mass is 16.6. The van der Waals surface area contributed by atoms with E-state index in [1.807, 2.05) is 24.3 Å². The number of hydrogen-bond acceptors (Lipinski definition) is 8. The molecule has 1 aromatic carbocycles. The fourth-order valence-electron chi connectivity index (χ4n) is 4.54. The first-order chi connectivity index (χ1) is 14.8. The van der Waals surface area contributed by atoms with Crippen molar-refractivity contribution in [1.82, 2.24) is 0 Å². The van der Waals surface area contributed by atoms with Gasteiger partial charge in [-0.05, 0) is 48.9 Å². The summed E-state index contributed by atoms with van der Waals surface area (Å²) in [5, 5.41) is 38.8. The van der Waals surface area contributed by atoms with E-state index in [4.69, 9.17) is 9.47 Å². The molecule has 3 rings (SSSR count). The molecule has 0 fully saturated rings. The van der Waals surface area contributed by atoms with Crippen LogP contribution in [0.4, 0.5) is 0 Å². The number of rotatable bonds is 4. The lowest BCUT2D eigenvalue weighted by molar-refractivity contribution is -0.171. The highest BCUT2D eigenvalue weighted by Gasteiger charge is 2.58. The molecule has 0 aromatic heterocycles. The van der Waals surface area contributed by atoms with Crippen LogP contribution in [0.5, 0.6) is 0 Å².